The number of carboxylic acid groups (broad SMARTS) is 1. The molecule has 0 fully saturated rings. The molecule has 0 aliphatic carbocycles. The van der Waals surface area contributed by atoms with Crippen molar-refractivity contribution in [3.8, 4) is 0 Å². The van der Waals surface area contributed by atoms with Gasteiger partial charge in [-0.1, -0.05) is 23.7 Å². The minimum absolute atomic E-state index is 0. The van der Waals surface area contributed by atoms with Crippen molar-refractivity contribution in [2.24, 2.45) is 0 Å². The standard InChI is InChI=1S/C14H10ClNO3S.K.H/c15-10-4-1-3-9(7-10)8-12(17)20-13-11(14(18)19)5-2-6-16-13;;/h1-7H,8H2,(H,18,19);;. The van der Waals surface area contributed by atoms with Crippen LogP contribution >= 0.6 is 23.4 Å². The Balaban J connectivity index is 0.00000220. The molecule has 2 aromatic rings. The van der Waals surface area contributed by atoms with Crippen LogP contribution in [0.2, 0.25) is 5.02 Å². The SMILES string of the molecule is O=C(Cc1cccc(Cl)c1)Sc1ncccc1C(=O)O.[KH]. The fraction of sp³-hybridized carbons (Fsp3) is 0.0714. The number of aromatic carboxylic acids is 1. The van der Waals surface area contributed by atoms with Gasteiger partial charge < -0.3 is 5.11 Å². The number of hydrogen-bond donors (Lipinski definition) is 1. The quantitative estimate of drug-likeness (QED) is 0.680. The maximum absolute atomic E-state index is 12.0. The Morgan fingerprint density at radius 2 is 2.00 bits per heavy atom. The Hall–Kier alpha value is -0.214. The Bertz CT molecular complexity index is 666. The fourth-order valence-corrected chi connectivity index (χ4v) is 2.64. The molecule has 2 rings (SSSR count). The third-order valence-corrected chi connectivity index (χ3v) is 3.58. The van der Waals surface area contributed by atoms with E-state index < -0.39 is 5.97 Å². The van der Waals surface area contributed by atoms with Crippen LogP contribution in [0.4, 0.5) is 0 Å². The number of carbonyl (C=O) groups is 2. The minimum atomic E-state index is -1.10. The van der Waals surface area contributed by atoms with E-state index >= 15 is 0 Å². The second-order valence-corrected chi connectivity index (χ2v) is 5.42. The zero-order valence-electron chi connectivity index (χ0n) is 10.2. The average molecular weight is 348 g/mol. The number of aromatic nitrogens is 1. The molecule has 0 atom stereocenters. The van der Waals surface area contributed by atoms with Crippen LogP contribution in [-0.4, -0.2) is 72.6 Å². The van der Waals surface area contributed by atoms with Crippen LogP contribution in [0, 0.1) is 0 Å². The molecular formula is C14H11ClKNO3S. The first-order valence-corrected chi connectivity index (χ1v) is 6.89. The summed E-state index contributed by atoms with van der Waals surface area (Å²) in [6.45, 7) is 0. The molecule has 0 radical (unpaired) electrons. The van der Waals surface area contributed by atoms with Crippen molar-refractivity contribution < 1.29 is 14.7 Å². The summed E-state index contributed by atoms with van der Waals surface area (Å²) in [7, 11) is 0. The monoisotopic (exact) mass is 347 g/mol. The number of carbonyl (C=O) groups excluding carboxylic acids is 1. The predicted octanol–water partition coefficient (Wildman–Crippen LogP) is 2.65. The maximum atomic E-state index is 12.0. The van der Waals surface area contributed by atoms with Gasteiger partial charge >= 0.3 is 57.4 Å². The van der Waals surface area contributed by atoms with Crippen molar-refractivity contribution in [2.45, 2.75) is 11.4 Å². The Morgan fingerprint density at radius 3 is 2.67 bits per heavy atom. The van der Waals surface area contributed by atoms with Gasteiger partial charge in [-0.05, 0) is 41.6 Å². The van der Waals surface area contributed by atoms with Crippen LogP contribution in [-0.2, 0) is 11.2 Å². The molecule has 4 nitrogen and oxygen atoms in total. The average Bonchev–Trinajstić information content (AvgIpc) is 2.38. The summed E-state index contributed by atoms with van der Waals surface area (Å²) in [5.74, 6) is -1.10. The topological polar surface area (TPSA) is 67.3 Å². The van der Waals surface area contributed by atoms with Gasteiger partial charge in [-0.15, -0.1) is 0 Å². The zero-order chi connectivity index (χ0) is 14.5. The van der Waals surface area contributed by atoms with Crippen molar-refractivity contribution in [3.63, 3.8) is 0 Å². The van der Waals surface area contributed by atoms with Gasteiger partial charge in [-0.3, -0.25) is 4.79 Å². The van der Waals surface area contributed by atoms with Crippen molar-refractivity contribution in [1.29, 1.82) is 0 Å². The van der Waals surface area contributed by atoms with Gasteiger partial charge in [-0.25, -0.2) is 9.78 Å². The van der Waals surface area contributed by atoms with Gasteiger partial charge in [0.25, 0.3) is 0 Å². The van der Waals surface area contributed by atoms with E-state index in [2.05, 4.69) is 4.98 Å². The third kappa shape index (κ3) is 5.82. The van der Waals surface area contributed by atoms with Crippen molar-refractivity contribution >= 4 is 85.8 Å². The summed E-state index contributed by atoms with van der Waals surface area (Å²) >= 11 is 6.67. The molecule has 1 N–H and O–H groups in total. The first kappa shape index (κ1) is 18.8. The van der Waals surface area contributed by atoms with Crippen LogP contribution < -0.4 is 0 Å². The van der Waals surface area contributed by atoms with Crippen LogP contribution in [0.1, 0.15) is 15.9 Å². The summed E-state index contributed by atoms with van der Waals surface area (Å²) in [6, 6.07) is 9.93. The number of pyridine rings is 1. The second-order valence-electron chi connectivity index (χ2n) is 3.94. The number of thioether (sulfide) groups is 1. The van der Waals surface area contributed by atoms with Crippen LogP contribution in [0.25, 0.3) is 0 Å². The molecule has 1 aromatic carbocycles. The number of rotatable bonds is 4. The number of carboxylic acids is 1. The Labute approximate surface area is 173 Å². The molecule has 0 saturated carbocycles. The first-order chi connectivity index (χ1) is 9.56. The van der Waals surface area contributed by atoms with Crippen molar-refractivity contribution in [3.05, 3.63) is 58.7 Å². The predicted molar refractivity (Wildman–Crippen MR) is 84.4 cm³/mol. The van der Waals surface area contributed by atoms with Gasteiger partial charge in [0.05, 0.1) is 5.56 Å². The van der Waals surface area contributed by atoms with Crippen LogP contribution in [0.3, 0.4) is 0 Å². The third-order valence-electron chi connectivity index (χ3n) is 2.45. The molecule has 0 aliphatic rings. The molecule has 7 heteroatoms. The van der Waals surface area contributed by atoms with E-state index in [1.807, 2.05) is 0 Å². The molecule has 0 spiro atoms. The Morgan fingerprint density at radius 1 is 1.24 bits per heavy atom. The van der Waals surface area contributed by atoms with Gasteiger partial charge in [0.15, 0.2) is 5.12 Å². The summed E-state index contributed by atoms with van der Waals surface area (Å²) in [5, 5.41) is 9.60. The van der Waals surface area contributed by atoms with Gasteiger partial charge in [-0.2, -0.15) is 0 Å². The van der Waals surface area contributed by atoms with E-state index in [1.54, 1.807) is 24.3 Å². The molecule has 0 aliphatic heterocycles. The van der Waals surface area contributed by atoms with E-state index in [-0.39, 0.29) is 73.5 Å². The van der Waals surface area contributed by atoms with Crippen molar-refractivity contribution in [2.75, 3.05) is 0 Å². The summed E-state index contributed by atoms with van der Waals surface area (Å²) in [5.41, 5.74) is 0.805. The number of nitrogens with zero attached hydrogens (tertiary/aromatic N) is 1. The zero-order valence-corrected chi connectivity index (χ0v) is 11.8. The molecule has 104 valence electrons. The number of hydrogen-bond acceptors (Lipinski definition) is 4. The molecule has 21 heavy (non-hydrogen) atoms. The molecule has 0 bridgehead atoms. The first-order valence-electron chi connectivity index (χ1n) is 5.69. The van der Waals surface area contributed by atoms with E-state index in [1.165, 1.54) is 18.3 Å². The Kier molecular flexibility index (Phi) is 8.11. The summed E-state index contributed by atoms with van der Waals surface area (Å²) in [6.07, 6.45) is 1.63. The molecule has 1 aromatic heterocycles. The second kappa shape index (κ2) is 9.04. The number of benzene rings is 1. The summed E-state index contributed by atoms with van der Waals surface area (Å²) < 4.78 is 0. The molecule has 0 unspecified atom stereocenters. The van der Waals surface area contributed by atoms with Gasteiger partial charge in [0.2, 0.25) is 0 Å². The molecule has 0 saturated heterocycles. The summed E-state index contributed by atoms with van der Waals surface area (Å²) in [4.78, 5) is 26.9. The number of halogens is 1. The normalized spacial score (nSPS) is 9.76. The van der Waals surface area contributed by atoms with Crippen LogP contribution in [0.5, 0.6) is 0 Å². The fourth-order valence-electron chi connectivity index (χ4n) is 1.59. The van der Waals surface area contributed by atoms with E-state index in [0.717, 1.165) is 17.3 Å². The van der Waals surface area contributed by atoms with Gasteiger partial charge in [0, 0.05) is 17.6 Å². The molecular weight excluding hydrogens is 337 g/mol. The van der Waals surface area contributed by atoms with E-state index in [4.69, 9.17) is 16.7 Å². The van der Waals surface area contributed by atoms with Gasteiger partial charge in [0.1, 0.15) is 5.03 Å². The van der Waals surface area contributed by atoms with E-state index in [9.17, 15) is 9.59 Å². The molecule has 0 amide bonds. The van der Waals surface area contributed by atoms with E-state index in [0.29, 0.717) is 5.02 Å². The van der Waals surface area contributed by atoms with Crippen LogP contribution in [0.15, 0.2) is 47.6 Å². The van der Waals surface area contributed by atoms with Crippen molar-refractivity contribution in [1.82, 2.24) is 4.98 Å². The molecule has 1 heterocycles.